The predicted molar refractivity (Wildman–Crippen MR) is 61.0 cm³/mol. The van der Waals surface area contributed by atoms with Crippen molar-refractivity contribution in [2.75, 3.05) is 19.6 Å². The summed E-state index contributed by atoms with van der Waals surface area (Å²) < 4.78 is 13.3. The Kier molecular flexibility index (Phi) is 3.67. The number of carbonyl (C=O) groups excluding carboxylic acids is 1. The largest absolute Gasteiger partial charge is 0.303 e. The molecule has 0 N–H and O–H groups in total. The van der Waals surface area contributed by atoms with Crippen LogP contribution in [0.2, 0.25) is 0 Å². The fourth-order valence-electron chi connectivity index (χ4n) is 2.09. The summed E-state index contributed by atoms with van der Waals surface area (Å²) in [5, 5.41) is 0. The molecule has 0 aromatic heterocycles. The molecule has 1 aliphatic rings. The SMILES string of the molecule is O=C(CCN1CCCC1)c1ccccc1F. The fourth-order valence-corrected chi connectivity index (χ4v) is 2.09. The molecule has 0 saturated carbocycles. The van der Waals surface area contributed by atoms with Crippen molar-refractivity contribution in [2.24, 2.45) is 0 Å². The van der Waals surface area contributed by atoms with Gasteiger partial charge in [0.1, 0.15) is 5.82 Å². The second-order valence-electron chi connectivity index (χ2n) is 4.20. The van der Waals surface area contributed by atoms with Gasteiger partial charge < -0.3 is 4.90 Å². The van der Waals surface area contributed by atoms with Crippen LogP contribution in [0, 0.1) is 5.82 Å². The minimum absolute atomic E-state index is 0.0926. The van der Waals surface area contributed by atoms with E-state index >= 15 is 0 Å². The quantitative estimate of drug-likeness (QED) is 0.728. The summed E-state index contributed by atoms with van der Waals surface area (Å²) in [7, 11) is 0. The summed E-state index contributed by atoms with van der Waals surface area (Å²) in [5.74, 6) is -0.501. The number of ketones is 1. The third-order valence-electron chi connectivity index (χ3n) is 3.03. The average Bonchev–Trinajstić information content (AvgIpc) is 2.79. The lowest BCUT2D eigenvalue weighted by atomic mass is 10.1. The number of likely N-dealkylation sites (tertiary alicyclic amines) is 1. The molecule has 1 aliphatic heterocycles. The van der Waals surface area contributed by atoms with E-state index in [-0.39, 0.29) is 11.3 Å². The summed E-state index contributed by atoms with van der Waals surface area (Å²) >= 11 is 0. The maximum absolute atomic E-state index is 13.3. The van der Waals surface area contributed by atoms with Crippen molar-refractivity contribution in [3.8, 4) is 0 Å². The predicted octanol–water partition coefficient (Wildman–Crippen LogP) is 2.49. The summed E-state index contributed by atoms with van der Waals surface area (Å²) in [4.78, 5) is 14.0. The summed E-state index contributed by atoms with van der Waals surface area (Å²) in [6.07, 6.45) is 2.85. The van der Waals surface area contributed by atoms with Gasteiger partial charge in [-0.2, -0.15) is 0 Å². The number of hydrogen-bond donors (Lipinski definition) is 0. The van der Waals surface area contributed by atoms with Crippen molar-refractivity contribution in [3.63, 3.8) is 0 Å². The Morgan fingerprint density at radius 3 is 2.62 bits per heavy atom. The molecule has 0 unspecified atom stereocenters. The van der Waals surface area contributed by atoms with Crippen LogP contribution in [-0.4, -0.2) is 30.3 Å². The molecular weight excluding hydrogens is 205 g/mol. The van der Waals surface area contributed by atoms with Gasteiger partial charge in [-0.25, -0.2) is 4.39 Å². The van der Waals surface area contributed by atoms with Crippen molar-refractivity contribution >= 4 is 5.78 Å². The highest BCUT2D eigenvalue weighted by Gasteiger charge is 2.15. The minimum atomic E-state index is -0.408. The molecule has 3 heteroatoms. The van der Waals surface area contributed by atoms with Crippen molar-refractivity contribution < 1.29 is 9.18 Å². The number of carbonyl (C=O) groups is 1. The van der Waals surface area contributed by atoms with E-state index < -0.39 is 5.82 Å². The topological polar surface area (TPSA) is 20.3 Å². The van der Waals surface area contributed by atoms with Crippen molar-refractivity contribution in [3.05, 3.63) is 35.6 Å². The highest BCUT2D eigenvalue weighted by Crippen LogP contribution is 2.12. The molecule has 0 aliphatic carbocycles. The molecule has 16 heavy (non-hydrogen) atoms. The molecule has 2 rings (SSSR count). The first kappa shape index (κ1) is 11.3. The molecule has 1 aromatic rings. The zero-order valence-corrected chi connectivity index (χ0v) is 9.29. The fraction of sp³-hybridized carbons (Fsp3) is 0.462. The molecule has 0 bridgehead atoms. The molecule has 2 nitrogen and oxygen atoms in total. The zero-order valence-electron chi connectivity index (χ0n) is 9.29. The maximum atomic E-state index is 13.3. The molecule has 0 amide bonds. The number of benzene rings is 1. The van der Waals surface area contributed by atoms with Crippen LogP contribution < -0.4 is 0 Å². The zero-order chi connectivity index (χ0) is 11.4. The Balaban J connectivity index is 1.90. The minimum Gasteiger partial charge on any atom is -0.303 e. The number of halogens is 1. The van der Waals surface area contributed by atoms with Crippen molar-refractivity contribution in [1.82, 2.24) is 4.90 Å². The van der Waals surface area contributed by atoms with Gasteiger partial charge in [0, 0.05) is 13.0 Å². The Bertz CT molecular complexity index is 372. The van der Waals surface area contributed by atoms with E-state index in [4.69, 9.17) is 0 Å². The lowest BCUT2D eigenvalue weighted by Crippen LogP contribution is -2.22. The van der Waals surface area contributed by atoms with Crippen molar-refractivity contribution in [2.45, 2.75) is 19.3 Å². The van der Waals surface area contributed by atoms with Crippen molar-refractivity contribution in [1.29, 1.82) is 0 Å². The van der Waals surface area contributed by atoms with Crippen LogP contribution in [0.15, 0.2) is 24.3 Å². The third kappa shape index (κ3) is 2.67. The Hall–Kier alpha value is -1.22. The molecule has 0 spiro atoms. The van der Waals surface area contributed by atoms with Crippen LogP contribution in [0.3, 0.4) is 0 Å². The van der Waals surface area contributed by atoms with Gasteiger partial charge >= 0.3 is 0 Å². The van der Waals surface area contributed by atoms with Crippen LogP contribution in [0.1, 0.15) is 29.6 Å². The molecular formula is C13H16FNO. The highest BCUT2D eigenvalue weighted by atomic mass is 19.1. The summed E-state index contributed by atoms with van der Waals surface area (Å²) in [6, 6.07) is 6.20. The first-order valence-electron chi connectivity index (χ1n) is 5.77. The Morgan fingerprint density at radius 1 is 1.25 bits per heavy atom. The second kappa shape index (κ2) is 5.21. The van der Waals surface area contributed by atoms with Gasteiger partial charge in [-0.1, -0.05) is 12.1 Å². The number of nitrogens with zero attached hydrogens (tertiary/aromatic N) is 1. The molecule has 1 aromatic carbocycles. The molecule has 1 fully saturated rings. The van der Waals surface area contributed by atoms with Crippen LogP contribution in [0.4, 0.5) is 4.39 Å². The van der Waals surface area contributed by atoms with Crippen LogP contribution >= 0.6 is 0 Å². The van der Waals surface area contributed by atoms with Gasteiger partial charge in [-0.3, -0.25) is 4.79 Å². The lowest BCUT2D eigenvalue weighted by Gasteiger charge is -2.13. The van der Waals surface area contributed by atoms with Gasteiger partial charge in [-0.15, -0.1) is 0 Å². The first-order chi connectivity index (χ1) is 7.77. The molecule has 86 valence electrons. The smallest absolute Gasteiger partial charge is 0.167 e. The number of Topliss-reactive ketones (excluding diaryl/α,β-unsaturated/α-hetero) is 1. The van der Waals surface area contributed by atoms with E-state index in [1.54, 1.807) is 18.2 Å². The summed E-state index contributed by atoms with van der Waals surface area (Å²) in [5.41, 5.74) is 0.224. The number of hydrogen-bond acceptors (Lipinski definition) is 2. The lowest BCUT2D eigenvalue weighted by molar-refractivity contribution is 0.0965. The van der Waals surface area contributed by atoms with E-state index in [0.29, 0.717) is 6.42 Å². The monoisotopic (exact) mass is 221 g/mol. The highest BCUT2D eigenvalue weighted by molar-refractivity contribution is 5.96. The van der Waals surface area contributed by atoms with Crippen LogP contribution in [0.25, 0.3) is 0 Å². The van der Waals surface area contributed by atoms with E-state index in [1.807, 2.05) is 0 Å². The standard InChI is InChI=1S/C13H16FNO/c14-12-6-2-1-5-11(12)13(16)7-10-15-8-3-4-9-15/h1-2,5-6H,3-4,7-10H2. The molecule has 0 radical (unpaired) electrons. The van der Waals surface area contributed by atoms with Gasteiger partial charge in [0.2, 0.25) is 0 Å². The number of rotatable bonds is 4. The van der Waals surface area contributed by atoms with Gasteiger partial charge in [0.25, 0.3) is 0 Å². The normalized spacial score (nSPS) is 16.6. The Morgan fingerprint density at radius 2 is 1.94 bits per heavy atom. The Labute approximate surface area is 95.1 Å². The van der Waals surface area contributed by atoms with Crippen LogP contribution in [-0.2, 0) is 0 Å². The van der Waals surface area contributed by atoms with E-state index in [1.165, 1.54) is 18.9 Å². The van der Waals surface area contributed by atoms with Crippen LogP contribution in [0.5, 0.6) is 0 Å². The van der Waals surface area contributed by atoms with Gasteiger partial charge in [-0.05, 0) is 38.1 Å². The van der Waals surface area contributed by atoms with E-state index in [0.717, 1.165) is 19.6 Å². The van der Waals surface area contributed by atoms with E-state index in [9.17, 15) is 9.18 Å². The maximum Gasteiger partial charge on any atom is 0.167 e. The van der Waals surface area contributed by atoms with Gasteiger partial charge in [0.15, 0.2) is 5.78 Å². The summed E-state index contributed by atoms with van der Waals surface area (Å²) in [6.45, 7) is 2.91. The molecule has 1 heterocycles. The average molecular weight is 221 g/mol. The molecule has 0 atom stereocenters. The molecule has 1 saturated heterocycles. The first-order valence-corrected chi connectivity index (χ1v) is 5.77. The van der Waals surface area contributed by atoms with Gasteiger partial charge in [0.05, 0.1) is 5.56 Å². The third-order valence-corrected chi connectivity index (χ3v) is 3.03. The van der Waals surface area contributed by atoms with E-state index in [2.05, 4.69) is 4.90 Å². The second-order valence-corrected chi connectivity index (χ2v) is 4.20.